The highest BCUT2D eigenvalue weighted by molar-refractivity contribution is 5.95. The van der Waals surface area contributed by atoms with Gasteiger partial charge >= 0.3 is 0 Å². The summed E-state index contributed by atoms with van der Waals surface area (Å²) in [6, 6.07) is 8.46. The van der Waals surface area contributed by atoms with Gasteiger partial charge < -0.3 is 4.90 Å². The molecule has 4 heteroatoms. The zero-order valence-corrected chi connectivity index (χ0v) is 12.6. The molecule has 2 heterocycles. The molecule has 1 aromatic heterocycles. The SMILES string of the molecule is CCCC(=O)N1c2ccc(-n3cccn3)cc2CCC1C. The lowest BCUT2D eigenvalue weighted by Crippen LogP contribution is -2.42. The van der Waals surface area contributed by atoms with Gasteiger partial charge in [0.1, 0.15) is 0 Å². The van der Waals surface area contributed by atoms with Gasteiger partial charge in [0, 0.05) is 30.5 Å². The van der Waals surface area contributed by atoms with Gasteiger partial charge in [-0.25, -0.2) is 4.68 Å². The van der Waals surface area contributed by atoms with Gasteiger partial charge in [-0.15, -0.1) is 0 Å². The Labute approximate surface area is 125 Å². The van der Waals surface area contributed by atoms with Crippen molar-refractivity contribution in [1.82, 2.24) is 9.78 Å². The molecular formula is C17H21N3O. The number of fused-ring (bicyclic) bond motifs is 1. The molecule has 1 aliphatic heterocycles. The number of aryl methyl sites for hydroxylation is 1. The van der Waals surface area contributed by atoms with E-state index in [-0.39, 0.29) is 11.9 Å². The Morgan fingerprint density at radius 3 is 3.00 bits per heavy atom. The third kappa shape index (κ3) is 2.58. The number of hydrogen-bond acceptors (Lipinski definition) is 2. The first kappa shape index (κ1) is 13.9. The first-order chi connectivity index (χ1) is 10.2. The summed E-state index contributed by atoms with van der Waals surface area (Å²) in [6.45, 7) is 4.19. The van der Waals surface area contributed by atoms with Gasteiger partial charge in [0.2, 0.25) is 5.91 Å². The lowest BCUT2D eigenvalue weighted by molar-refractivity contribution is -0.119. The largest absolute Gasteiger partial charge is 0.309 e. The summed E-state index contributed by atoms with van der Waals surface area (Å²) in [5.74, 6) is 0.234. The van der Waals surface area contributed by atoms with Crippen molar-refractivity contribution in [2.75, 3.05) is 4.90 Å². The van der Waals surface area contributed by atoms with Gasteiger partial charge in [-0.05, 0) is 56.0 Å². The molecule has 21 heavy (non-hydrogen) atoms. The van der Waals surface area contributed by atoms with Crippen LogP contribution >= 0.6 is 0 Å². The van der Waals surface area contributed by atoms with Crippen LogP contribution in [0.15, 0.2) is 36.7 Å². The number of hydrogen-bond donors (Lipinski definition) is 0. The molecule has 2 aromatic rings. The summed E-state index contributed by atoms with van der Waals surface area (Å²) in [5.41, 5.74) is 3.37. The van der Waals surface area contributed by atoms with Gasteiger partial charge in [-0.1, -0.05) is 6.92 Å². The molecule has 0 N–H and O–H groups in total. The molecule has 1 aliphatic rings. The van der Waals surface area contributed by atoms with Crippen molar-refractivity contribution in [2.45, 2.75) is 45.6 Å². The van der Waals surface area contributed by atoms with Crippen molar-refractivity contribution < 1.29 is 4.79 Å². The van der Waals surface area contributed by atoms with Gasteiger partial charge in [0.15, 0.2) is 0 Å². The van der Waals surface area contributed by atoms with Gasteiger partial charge in [0.25, 0.3) is 0 Å². The molecule has 3 rings (SSSR count). The average Bonchev–Trinajstić information content (AvgIpc) is 3.01. The van der Waals surface area contributed by atoms with Crippen LogP contribution in [-0.4, -0.2) is 21.7 Å². The molecular weight excluding hydrogens is 262 g/mol. The Morgan fingerprint density at radius 2 is 2.29 bits per heavy atom. The zero-order valence-electron chi connectivity index (χ0n) is 12.6. The normalized spacial score (nSPS) is 17.6. The summed E-state index contributed by atoms with van der Waals surface area (Å²) in [6.07, 6.45) is 7.26. The van der Waals surface area contributed by atoms with Crippen LogP contribution in [0.3, 0.4) is 0 Å². The van der Waals surface area contributed by atoms with E-state index in [0.29, 0.717) is 6.42 Å². The molecule has 1 aromatic carbocycles. The number of anilines is 1. The molecule has 0 radical (unpaired) electrons. The van der Waals surface area contributed by atoms with Gasteiger partial charge in [0.05, 0.1) is 5.69 Å². The number of aromatic nitrogens is 2. The first-order valence-corrected chi connectivity index (χ1v) is 7.65. The molecule has 110 valence electrons. The molecule has 4 nitrogen and oxygen atoms in total. The molecule has 0 bridgehead atoms. The number of benzene rings is 1. The monoisotopic (exact) mass is 283 g/mol. The summed E-state index contributed by atoms with van der Waals surface area (Å²) in [7, 11) is 0. The Balaban J connectivity index is 1.97. The smallest absolute Gasteiger partial charge is 0.227 e. The van der Waals surface area contributed by atoms with Gasteiger partial charge in [-0.3, -0.25) is 4.79 Å². The Kier molecular flexibility index (Phi) is 3.78. The third-order valence-electron chi connectivity index (χ3n) is 4.10. The van der Waals surface area contributed by atoms with Crippen LogP contribution in [0.5, 0.6) is 0 Å². The number of nitrogens with zero attached hydrogens (tertiary/aromatic N) is 3. The van der Waals surface area contributed by atoms with Crippen molar-refractivity contribution in [2.24, 2.45) is 0 Å². The van der Waals surface area contributed by atoms with E-state index in [1.54, 1.807) is 6.20 Å². The van der Waals surface area contributed by atoms with Crippen LogP contribution in [0.1, 0.15) is 38.7 Å². The van der Waals surface area contributed by atoms with Crippen molar-refractivity contribution >= 4 is 11.6 Å². The van der Waals surface area contributed by atoms with Crippen LogP contribution in [0.25, 0.3) is 5.69 Å². The van der Waals surface area contributed by atoms with E-state index >= 15 is 0 Å². The second-order valence-corrected chi connectivity index (χ2v) is 5.67. The summed E-state index contributed by atoms with van der Waals surface area (Å²) < 4.78 is 1.86. The maximum Gasteiger partial charge on any atom is 0.227 e. The minimum atomic E-state index is 0.234. The predicted octanol–water partition coefficient (Wildman–Crippen LogP) is 3.34. The molecule has 0 saturated heterocycles. The first-order valence-electron chi connectivity index (χ1n) is 7.65. The highest BCUT2D eigenvalue weighted by atomic mass is 16.2. The van der Waals surface area contributed by atoms with E-state index in [0.717, 1.165) is 30.6 Å². The summed E-state index contributed by atoms with van der Waals surface area (Å²) >= 11 is 0. The van der Waals surface area contributed by atoms with Gasteiger partial charge in [-0.2, -0.15) is 5.10 Å². The van der Waals surface area contributed by atoms with E-state index in [9.17, 15) is 4.79 Å². The molecule has 0 spiro atoms. The quantitative estimate of drug-likeness (QED) is 0.866. The number of amides is 1. The molecule has 0 saturated carbocycles. The zero-order chi connectivity index (χ0) is 14.8. The van der Waals surface area contributed by atoms with Crippen LogP contribution in [0, 0.1) is 0 Å². The Morgan fingerprint density at radius 1 is 1.43 bits per heavy atom. The molecule has 1 atom stereocenters. The van der Waals surface area contributed by atoms with Crippen molar-refractivity contribution in [3.05, 3.63) is 42.2 Å². The minimum Gasteiger partial charge on any atom is -0.309 e. The Hall–Kier alpha value is -2.10. The van der Waals surface area contributed by atoms with Crippen molar-refractivity contribution in [1.29, 1.82) is 0 Å². The van der Waals surface area contributed by atoms with E-state index in [1.807, 2.05) is 34.8 Å². The van der Waals surface area contributed by atoms with Crippen LogP contribution in [0.4, 0.5) is 5.69 Å². The molecule has 0 fully saturated rings. The lowest BCUT2D eigenvalue weighted by atomic mass is 9.95. The maximum absolute atomic E-state index is 12.4. The predicted molar refractivity (Wildman–Crippen MR) is 83.7 cm³/mol. The molecule has 1 amide bonds. The minimum absolute atomic E-state index is 0.234. The van der Waals surface area contributed by atoms with Crippen molar-refractivity contribution in [3.8, 4) is 5.69 Å². The highest BCUT2D eigenvalue weighted by Crippen LogP contribution is 2.32. The van der Waals surface area contributed by atoms with E-state index in [1.165, 1.54) is 5.56 Å². The fourth-order valence-electron chi connectivity index (χ4n) is 3.02. The van der Waals surface area contributed by atoms with E-state index in [4.69, 9.17) is 0 Å². The second kappa shape index (κ2) is 5.72. The molecule has 0 aliphatic carbocycles. The summed E-state index contributed by atoms with van der Waals surface area (Å²) in [4.78, 5) is 14.4. The van der Waals surface area contributed by atoms with Crippen LogP contribution in [-0.2, 0) is 11.2 Å². The van der Waals surface area contributed by atoms with E-state index < -0.39 is 0 Å². The second-order valence-electron chi connectivity index (χ2n) is 5.67. The van der Waals surface area contributed by atoms with Crippen LogP contribution in [0.2, 0.25) is 0 Å². The van der Waals surface area contributed by atoms with E-state index in [2.05, 4.69) is 24.2 Å². The Bertz CT molecular complexity index is 633. The number of carbonyl (C=O) groups excluding carboxylic acids is 1. The third-order valence-corrected chi connectivity index (χ3v) is 4.10. The number of carbonyl (C=O) groups is 1. The fourth-order valence-corrected chi connectivity index (χ4v) is 3.02. The topological polar surface area (TPSA) is 38.1 Å². The number of rotatable bonds is 3. The fraction of sp³-hybridized carbons (Fsp3) is 0.412. The maximum atomic E-state index is 12.4. The van der Waals surface area contributed by atoms with Crippen LogP contribution < -0.4 is 4.90 Å². The summed E-state index contributed by atoms with van der Waals surface area (Å²) in [5, 5.41) is 4.27. The molecule has 1 unspecified atom stereocenters. The average molecular weight is 283 g/mol. The highest BCUT2D eigenvalue weighted by Gasteiger charge is 2.27. The lowest BCUT2D eigenvalue weighted by Gasteiger charge is -2.35. The standard InChI is InChI=1S/C17H21N3O/c1-3-5-17(21)20-13(2)6-7-14-12-15(8-9-16(14)20)19-11-4-10-18-19/h4,8-13H,3,5-7H2,1-2H3. The van der Waals surface area contributed by atoms with Crippen molar-refractivity contribution in [3.63, 3.8) is 0 Å².